The Bertz CT molecular complexity index is 599. The average Bonchev–Trinajstić information content (AvgIpc) is 3.03. The smallest absolute Gasteiger partial charge is 0.264 e. The standard InChI is InChI=1S/C17H23N3O3/c1-3-9-18-16(21)8-10-19-17(22)15-11-14(20-23-15)13-7-5-4-6-12(13)2/h4-7,15H,3,8-11H2,1-2H3,(H,18,21)(H,19,22)/t15-/m0/s1. The van der Waals surface area contributed by atoms with Crippen LogP contribution in [-0.4, -0.2) is 36.7 Å². The monoisotopic (exact) mass is 317 g/mol. The van der Waals surface area contributed by atoms with Gasteiger partial charge in [0.1, 0.15) is 0 Å². The number of carbonyl (C=O) groups is 2. The van der Waals surface area contributed by atoms with E-state index in [9.17, 15) is 9.59 Å². The molecular formula is C17H23N3O3. The van der Waals surface area contributed by atoms with Crippen LogP contribution in [0.4, 0.5) is 0 Å². The van der Waals surface area contributed by atoms with Crippen molar-refractivity contribution in [2.75, 3.05) is 13.1 Å². The summed E-state index contributed by atoms with van der Waals surface area (Å²) in [5.74, 6) is -0.294. The highest BCUT2D eigenvalue weighted by atomic mass is 16.6. The van der Waals surface area contributed by atoms with Crippen molar-refractivity contribution < 1.29 is 14.4 Å². The molecule has 0 saturated carbocycles. The maximum Gasteiger partial charge on any atom is 0.264 e. The molecule has 6 nitrogen and oxygen atoms in total. The van der Waals surface area contributed by atoms with Crippen molar-refractivity contribution in [1.29, 1.82) is 0 Å². The van der Waals surface area contributed by atoms with Gasteiger partial charge >= 0.3 is 0 Å². The van der Waals surface area contributed by atoms with E-state index in [0.29, 0.717) is 19.5 Å². The first-order valence-corrected chi connectivity index (χ1v) is 7.95. The molecule has 2 rings (SSSR count). The zero-order valence-electron chi connectivity index (χ0n) is 13.6. The Kier molecular flexibility index (Phi) is 6.14. The molecule has 0 saturated heterocycles. The lowest BCUT2D eigenvalue weighted by atomic mass is 10.0. The first-order valence-electron chi connectivity index (χ1n) is 7.95. The van der Waals surface area contributed by atoms with Gasteiger partial charge in [-0.3, -0.25) is 9.59 Å². The van der Waals surface area contributed by atoms with Gasteiger partial charge in [0, 0.05) is 31.5 Å². The SMILES string of the molecule is CCCNC(=O)CCNC(=O)[C@@H]1CC(c2ccccc2C)=NO1. The molecule has 0 radical (unpaired) electrons. The molecule has 124 valence electrons. The van der Waals surface area contributed by atoms with E-state index in [4.69, 9.17) is 4.84 Å². The van der Waals surface area contributed by atoms with Gasteiger partial charge in [0.15, 0.2) is 0 Å². The minimum Gasteiger partial charge on any atom is -0.382 e. The average molecular weight is 317 g/mol. The third-order valence-corrected chi connectivity index (χ3v) is 3.64. The van der Waals surface area contributed by atoms with Crippen LogP contribution in [0.1, 0.15) is 37.3 Å². The Morgan fingerprint density at radius 2 is 2.04 bits per heavy atom. The summed E-state index contributed by atoms with van der Waals surface area (Å²) in [6.07, 6.45) is 0.985. The first kappa shape index (κ1) is 17.0. The second-order valence-corrected chi connectivity index (χ2v) is 5.54. The van der Waals surface area contributed by atoms with Crippen LogP contribution in [0.2, 0.25) is 0 Å². The van der Waals surface area contributed by atoms with Crippen molar-refractivity contribution in [3.8, 4) is 0 Å². The molecule has 0 spiro atoms. The van der Waals surface area contributed by atoms with Crippen LogP contribution in [0.15, 0.2) is 29.4 Å². The molecular weight excluding hydrogens is 294 g/mol. The predicted molar refractivity (Wildman–Crippen MR) is 88.1 cm³/mol. The van der Waals surface area contributed by atoms with Crippen LogP contribution in [-0.2, 0) is 14.4 Å². The van der Waals surface area contributed by atoms with Crippen molar-refractivity contribution in [3.63, 3.8) is 0 Å². The van der Waals surface area contributed by atoms with Crippen LogP contribution < -0.4 is 10.6 Å². The van der Waals surface area contributed by atoms with Crippen molar-refractivity contribution >= 4 is 17.5 Å². The van der Waals surface area contributed by atoms with Crippen molar-refractivity contribution in [2.24, 2.45) is 5.16 Å². The fourth-order valence-corrected chi connectivity index (χ4v) is 2.34. The molecule has 6 heteroatoms. The molecule has 0 aromatic heterocycles. The molecule has 0 fully saturated rings. The first-order chi connectivity index (χ1) is 11.1. The van der Waals surface area contributed by atoms with E-state index >= 15 is 0 Å². The number of aryl methyl sites for hydroxylation is 1. The summed E-state index contributed by atoms with van der Waals surface area (Å²) < 4.78 is 0. The van der Waals surface area contributed by atoms with Gasteiger partial charge in [-0.15, -0.1) is 0 Å². The molecule has 2 amide bonds. The van der Waals surface area contributed by atoms with Crippen molar-refractivity contribution in [2.45, 2.75) is 39.2 Å². The third-order valence-electron chi connectivity index (χ3n) is 3.64. The lowest BCUT2D eigenvalue weighted by molar-refractivity contribution is -0.131. The zero-order valence-corrected chi connectivity index (χ0v) is 13.6. The Morgan fingerprint density at radius 1 is 1.26 bits per heavy atom. The van der Waals surface area contributed by atoms with Gasteiger partial charge in [-0.05, 0) is 18.9 Å². The number of benzene rings is 1. The quantitative estimate of drug-likeness (QED) is 0.800. The highest BCUT2D eigenvalue weighted by Gasteiger charge is 2.29. The lowest BCUT2D eigenvalue weighted by Gasteiger charge is -2.09. The molecule has 0 bridgehead atoms. The highest BCUT2D eigenvalue weighted by molar-refractivity contribution is 6.05. The summed E-state index contributed by atoms with van der Waals surface area (Å²) >= 11 is 0. The van der Waals surface area contributed by atoms with Gasteiger partial charge < -0.3 is 15.5 Å². The maximum atomic E-state index is 12.1. The molecule has 1 heterocycles. The summed E-state index contributed by atoms with van der Waals surface area (Å²) in [5.41, 5.74) is 2.88. The van der Waals surface area contributed by atoms with Gasteiger partial charge in [-0.2, -0.15) is 0 Å². The Morgan fingerprint density at radius 3 is 2.78 bits per heavy atom. The largest absolute Gasteiger partial charge is 0.382 e. The minimum absolute atomic E-state index is 0.0589. The van der Waals surface area contributed by atoms with E-state index in [2.05, 4.69) is 15.8 Å². The van der Waals surface area contributed by atoms with Crippen molar-refractivity contribution in [3.05, 3.63) is 35.4 Å². The highest BCUT2D eigenvalue weighted by Crippen LogP contribution is 2.19. The molecule has 1 aromatic rings. The number of amides is 2. The normalized spacial score (nSPS) is 16.4. The van der Waals surface area contributed by atoms with Crippen LogP contribution in [0, 0.1) is 6.92 Å². The van der Waals surface area contributed by atoms with E-state index in [-0.39, 0.29) is 18.2 Å². The lowest BCUT2D eigenvalue weighted by Crippen LogP contribution is -2.37. The van der Waals surface area contributed by atoms with E-state index in [1.165, 1.54) is 0 Å². The van der Waals surface area contributed by atoms with Crippen LogP contribution in [0.25, 0.3) is 0 Å². The van der Waals surface area contributed by atoms with Gasteiger partial charge in [0.2, 0.25) is 12.0 Å². The number of carbonyl (C=O) groups excluding carboxylic acids is 2. The second kappa shape index (κ2) is 8.31. The molecule has 1 aliphatic heterocycles. The molecule has 0 unspecified atom stereocenters. The summed E-state index contributed by atoms with van der Waals surface area (Å²) in [6.45, 7) is 4.95. The molecule has 23 heavy (non-hydrogen) atoms. The summed E-state index contributed by atoms with van der Waals surface area (Å²) in [5, 5.41) is 9.52. The van der Waals surface area contributed by atoms with E-state index < -0.39 is 6.10 Å². The Balaban J connectivity index is 1.76. The summed E-state index contributed by atoms with van der Waals surface area (Å²) in [4.78, 5) is 28.8. The molecule has 1 aromatic carbocycles. The fraction of sp³-hybridized carbons (Fsp3) is 0.471. The number of hydrogen-bond acceptors (Lipinski definition) is 4. The van der Waals surface area contributed by atoms with Crippen molar-refractivity contribution in [1.82, 2.24) is 10.6 Å². The molecule has 2 N–H and O–H groups in total. The second-order valence-electron chi connectivity index (χ2n) is 5.54. The zero-order chi connectivity index (χ0) is 16.7. The Hall–Kier alpha value is -2.37. The van der Waals surface area contributed by atoms with Crippen LogP contribution in [0.5, 0.6) is 0 Å². The molecule has 1 aliphatic rings. The number of oxime groups is 1. The number of rotatable bonds is 7. The van der Waals surface area contributed by atoms with Crippen LogP contribution >= 0.6 is 0 Å². The topological polar surface area (TPSA) is 79.8 Å². The third kappa shape index (κ3) is 4.81. The number of nitrogens with zero attached hydrogens (tertiary/aromatic N) is 1. The summed E-state index contributed by atoms with van der Waals surface area (Å²) in [6, 6.07) is 7.87. The molecule has 0 aliphatic carbocycles. The predicted octanol–water partition coefficient (Wildman–Crippen LogP) is 1.52. The van der Waals surface area contributed by atoms with E-state index in [1.54, 1.807) is 0 Å². The van der Waals surface area contributed by atoms with Gasteiger partial charge in [0.05, 0.1) is 5.71 Å². The minimum atomic E-state index is -0.622. The van der Waals surface area contributed by atoms with Gasteiger partial charge in [-0.25, -0.2) is 0 Å². The number of hydrogen-bond donors (Lipinski definition) is 2. The molecule has 1 atom stereocenters. The van der Waals surface area contributed by atoms with Crippen LogP contribution in [0.3, 0.4) is 0 Å². The Labute approximate surface area is 136 Å². The van der Waals surface area contributed by atoms with Gasteiger partial charge in [-0.1, -0.05) is 36.3 Å². The fourth-order valence-electron chi connectivity index (χ4n) is 2.34. The van der Waals surface area contributed by atoms with E-state index in [0.717, 1.165) is 23.3 Å². The summed E-state index contributed by atoms with van der Waals surface area (Å²) in [7, 11) is 0. The number of nitrogens with one attached hydrogen (secondary N) is 2. The maximum absolute atomic E-state index is 12.1. The van der Waals surface area contributed by atoms with E-state index in [1.807, 2.05) is 38.1 Å². The van der Waals surface area contributed by atoms with Gasteiger partial charge in [0.25, 0.3) is 5.91 Å².